The molecule has 0 aliphatic heterocycles. The normalized spacial score (nSPS) is 12.2. The van der Waals surface area contributed by atoms with Gasteiger partial charge in [-0.2, -0.15) is 53.6 Å². The zero-order valence-electron chi connectivity index (χ0n) is 40.8. The van der Waals surface area contributed by atoms with Crippen molar-refractivity contribution in [1.82, 2.24) is 29.9 Å². The fourth-order valence-electron chi connectivity index (χ4n) is 6.25. The first-order valence-electron chi connectivity index (χ1n) is 20.4. The van der Waals surface area contributed by atoms with Crippen molar-refractivity contribution in [2.24, 2.45) is 9.98 Å². The van der Waals surface area contributed by atoms with Gasteiger partial charge in [-0.3, -0.25) is 28.2 Å². The van der Waals surface area contributed by atoms with Gasteiger partial charge in [0.15, 0.2) is 0 Å². The number of nitrogens with one attached hydrogen (secondary N) is 2. The van der Waals surface area contributed by atoms with Gasteiger partial charge in [0, 0.05) is 144 Å². The predicted octanol–water partition coefficient (Wildman–Crippen LogP) is -0.812. The third-order valence-corrected chi connectivity index (χ3v) is 13.0. The monoisotopic (exact) mass is 1170 g/mol. The fourth-order valence-corrected chi connectivity index (χ4v) is 8.62. The van der Waals surface area contributed by atoms with E-state index in [1.54, 1.807) is 0 Å². The Morgan fingerprint density at radius 3 is 1.05 bits per heavy atom. The molecule has 0 aliphatic rings. The average Bonchev–Trinajstić information content (AvgIpc) is 3.30. The van der Waals surface area contributed by atoms with Gasteiger partial charge in [-0.1, -0.05) is 24.3 Å². The number of rotatable bonds is 22. The molecule has 0 fully saturated rings. The summed E-state index contributed by atoms with van der Waals surface area (Å²) in [7, 11) is -19.2. The molecule has 6 aromatic rings. The number of aromatic amines is 2. The van der Waals surface area contributed by atoms with Crippen LogP contribution in [0.4, 0.5) is 23.3 Å². The van der Waals surface area contributed by atoms with E-state index >= 15 is 0 Å². The van der Waals surface area contributed by atoms with Gasteiger partial charge in [0.1, 0.15) is 21.3 Å². The molecule has 0 atom stereocenters. The first-order valence-corrected chi connectivity index (χ1v) is 26.1. The van der Waals surface area contributed by atoms with Crippen molar-refractivity contribution in [3.63, 3.8) is 0 Å². The number of nitrogens with zero attached hydrogens (tertiary/aromatic N) is 8. The van der Waals surface area contributed by atoms with Crippen molar-refractivity contribution in [2.75, 3.05) is 62.4 Å². The second-order valence-corrected chi connectivity index (χ2v) is 20.1. The Kier molecular flexibility index (Phi) is 27.7. The molecular formula is C40H42N10Na4O18S4. The molecular weight excluding hydrogens is 1130 g/mol. The SMILES string of the molecule is O=S(=O)(O)c1ccc(Oc2nc(=Nc3ccc(C=Cc4ccc(N=c5nc(Oc6ccc(S(=O)(=O)O)cc6)[nH]c(N(CCO)CCO)n5)cc4S(=O)(=O)O)c(S(=O)(=O)O)c3)nc(N(CCO)CCO)[nH]2)cc1.[Na].[Na].[Na].[Na]. The van der Waals surface area contributed by atoms with Gasteiger partial charge in [0.2, 0.25) is 11.9 Å². The molecule has 4 radical (unpaired) electrons. The maximum atomic E-state index is 12.7. The molecule has 0 bridgehead atoms. The molecule has 4 aromatic carbocycles. The van der Waals surface area contributed by atoms with Crippen molar-refractivity contribution in [2.45, 2.75) is 19.6 Å². The van der Waals surface area contributed by atoms with Crippen LogP contribution >= 0.6 is 0 Å². The summed E-state index contributed by atoms with van der Waals surface area (Å²) in [4.78, 5) is 31.3. The van der Waals surface area contributed by atoms with Crippen LogP contribution in [0.2, 0.25) is 0 Å². The second-order valence-electron chi connectivity index (χ2n) is 14.5. The summed E-state index contributed by atoms with van der Waals surface area (Å²) in [5, 5.41) is 38.6. The Balaban J connectivity index is 0.00000494. The first kappa shape index (κ1) is 69.0. The molecule has 0 saturated heterocycles. The van der Waals surface area contributed by atoms with Gasteiger partial charge < -0.3 is 39.7 Å². The smallest absolute Gasteiger partial charge is 0.305 e. The molecule has 0 amide bonds. The molecule has 0 spiro atoms. The molecule has 2 aromatic heterocycles. The molecule has 28 nitrogen and oxygen atoms in total. The Morgan fingerprint density at radius 2 is 0.776 bits per heavy atom. The summed E-state index contributed by atoms with van der Waals surface area (Å²) in [5.41, 5.74) is -1.52. The molecule has 388 valence electrons. The van der Waals surface area contributed by atoms with Crippen LogP contribution in [-0.2, 0) is 40.5 Å². The topological polar surface area (TPSA) is 431 Å². The maximum Gasteiger partial charge on any atom is 0.305 e. The molecule has 10 N–H and O–H groups in total. The second kappa shape index (κ2) is 30.5. The zero-order valence-corrected chi connectivity index (χ0v) is 52.0. The number of aliphatic hydroxyl groups excluding tert-OH is 4. The van der Waals surface area contributed by atoms with E-state index in [0.29, 0.717) is 0 Å². The number of anilines is 2. The van der Waals surface area contributed by atoms with Gasteiger partial charge >= 0.3 is 12.0 Å². The van der Waals surface area contributed by atoms with Crippen LogP contribution < -0.4 is 30.5 Å². The molecule has 0 unspecified atom stereocenters. The van der Waals surface area contributed by atoms with E-state index in [2.05, 4.69) is 39.9 Å². The van der Waals surface area contributed by atoms with Crippen LogP contribution in [-0.4, -0.2) is 273 Å². The Hall–Kier alpha value is -3.08. The molecule has 0 saturated carbocycles. The van der Waals surface area contributed by atoms with E-state index in [1.807, 2.05) is 0 Å². The molecule has 76 heavy (non-hydrogen) atoms. The van der Waals surface area contributed by atoms with Crippen LogP contribution in [0.1, 0.15) is 11.1 Å². The minimum Gasteiger partial charge on any atom is -0.426 e. The summed E-state index contributed by atoms with van der Waals surface area (Å²) in [6.07, 6.45) is 2.21. The maximum absolute atomic E-state index is 12.7. The third-order valence-electron chi connectivity index (χ3n) is 9.45. The Labute approximate surface area is 522 Å². The van der Waals surface area contributed by atoms with Crippen LogP contribution in [0.5, 0.6) is 23.5 Å². The predicted molar refractivity (Wildman–Crippen MR) is 273 cm³/mol. The minimum atomic E-state index is -5.06. The van der Waals surface area contributed by atoms with Gasteiger partial charge in [-0.05, 0) is 83.9 Å². The van der Waals surface area contributed by atoms with Crippen molar-refractivity contribution < 1.29 is 81.8 Å². The van der Waals surface area contributed by atoms with Crippen LogP contribution in [0, 0.1) is 0 Å². The van der Waals surface area contributed by atoms with E-state index in [4.69, 9.17) is 9.47 Å². The van der Waals surface area contributed by atoms with E-state index in [-0.39, 0.29) is 214 Å². The van der Waals surface area contributed by atoms with E-state index in [9.17, 15) is 72.3 Å². The summed E-state index contributed by atoms with van der Waals surface area (Å²) in [5.74, 6) is -0.0688. The average molecular weight is 1170 g/mol. The number of benzene rings is 4. The number of ether oxygens (including phenoxy) is 2. The first-order chi connectivity index (χ1) is 34.0. The summed E-state index contributed by atoms with van der Waals surface area (Å²) >= 11 is 0. The third kappa shape index (κ3) is 19.9. The van der Waals surface area contributed by atoms with E-state index in [1.165, 1.54) is 58.3 Å². The van der Waals surface area contributed by atoms with Crippen molar-refractivity contribution in [3.05, 3.63) is 107 Å². The van der Waals surface area contributed by atoms with Crippen molar-refractivity contribution in [3.8, 4) is 23.5 Å². The molecule has 36 heteroatoms. The Bertz CT molecular complexity index is 3340. The zero-order chi connectivity index (χ0) is 52.4. The van der Waals surface area contributed by atoms with Crippen LogP contribution in [0.25, 0.3) is 12.2 Å². The fraction of sp³-hybridized carbons (Fsp3) is 0.200. The van der Waals surface area contributed by atoms with Gasteiger partial charge in [-0.25, -0.2) is 9.98 Å². The van der Waals surface area contributed by atoms with Gasteiger partial charge in [-0.15, -0.1) is 0 Å². The minimum absolute atomic E-state index is 0. The summed E-state index contributed by atoms with van der Waals surface area (Å²) in [6, 6.07) is 15.1. The quantitative estimate of drug-likeness (QED) is 0.0226. The van der Waals surface area contributed by atoms with Crippen molar-refractivity contribution >= 4 is 194 Å². The van der Waals surface area contributed by atoms with Crippen LogP contribution in [0.15, 0.2) is 114 Å². The Morgan fingerprint density at radius 1 is 0.461 bits per heavy atom. The van der Waals surface area contributed by atoms with E-state index in [0.717, 1.165) is 48.6 Å². The van der Waals surface area contributed by atoms with Gasteiger partial charge in [0.25, 0.3) is 51.7 Å². The number of aliphatic hydroxyl groups is 4. The molecule has 6 rings (SSSR count). The van der Waals surface area contributed by atoms with E-state index < -0.39 is 86.5 Å². The summed E-state index contributed by atoms with van der Waals surface area (Å²) in [6.45, 7) is -1.79. The summed E-state index contributed by atoms with van der Waals surface area (Å²) < 4.78 is 148. The van der Waals surface area contributed by atoms with Crippen LogP contribution in [0.3, 0.4) is 0 Å². The molecule has 2 heterocycles. The number of hydrogen-bond acceptors (Lipinski definition) is 22. The van der Waals surface area contributed by atoms with Crippen molar-refractivity contribution in [1.29, 1.82) is 0 Å². The number of aromatic nitrogens is 6. The molecule has 0 aliphatic carbocycles. The number of hydrogen-bond donors (Lipinski definition) is 10. The number of H-pyrrole nitrogens is 2. The standard InChI is InChI=1S/C40H42N10O18S4.4Na/c51-19-15-49(16-20-52)37-43-35(45-39(47-37)67-29-7-11-31(12-8-29)69(55,56)57)41-27-5-3-25(33(23-27)71(61,62)63)1-2-26-4-6-28(24-34(26)72(64,65)66)42-36-44-38(50(17-21-53)18-22-54)48-40(46-36)68-30-9-13-32(14-10-30)70(58,59)60;;;;/h1-14,23-24,51-54H,15-22H2,(H,55,56,57)(H,58,59,60)(H,61,62,63)(H,64,65,66)(H,41,43,45,47)(H,42,44,46,48);;;;. The van der Waals surface area contributed by atoms with Gasteiger partial charge in [0.05, 0.1) is 47.6 Å². The largest absolute Gasteiger partial charge is 0.426 e.